The van der Waals surface area contributed by atoms with E-state index < -0.39 is 16.5 Å². The molecule has 118 valence electrons. The van der Waals surface area contributed by atoms with Gasteiger partial charge in [-0.25, -0.2) is 13.1 Å². The molecule has 0 aliphatic rings. The van der Waals surface area contributed by atoms with Crippen LogP contribution in [0.2, 0.25) is 0 Å². The average Bonchev–Trinajstić information content (AvgIpc) is 2.48. The number of benzene rings is 1. The number of hydrogen-bond acceptors (Lipinski definition) is 5. The van der Waals surface area contributed by atoms with Crippen LogP contribution in [0.3, 0.4) is 0 Å². The van der Waals surface area contributed by atoms with Crippen LogP contribution >= 0.6 is 0 Å². The van der Waals surface area contributed by atoms with E-state index in [4.69, 9.17) is 2.74 Å². The molecule has 0 aromatic heterocycles. The maximum absolute atomic E-state index is 11.4. The molecule has 0 heterocycles. The molecule has 2 N–H and O–H groups in total. The number of nitrogens with zero attached hydrogens (tertiary/aromatic N) is 2. The van der Waals surface area contributed by atoms with Crippen LogP contribution in [0.5, 0.6) is 0 Å². The van der Waals surface area contributed by atoms with Crippen molar-refractivity contribution < 1.29 is 11.2 Å². The van der Waals surface area contributed by atoms with Gasteiger partial charge in [0.05, 0.1) is 11.4 Å². The molecular formula is C14H24N4O2S. The highest BCUT2D eigenvalue weighted by Crippen LogP contribution is 2.11. The zero-order valence-electron chi connectivity index (χ0n) is 14.6. The Kier molecular flexibility index (Phi) is 6.05. The summed E-state index contributed by atoms with van der Waals surface area (Å²) in [6.07, 6.45) is 2.49. The van der Waals surface area contributed by atoms with Crippen LogP contribution in [-0.2, 0) is 15.8 Å². The SMILES string of the molecule is [2H]C([2H])(CC/C=N/Nc1ccc(CS(=O)(=O)NC)cc1)N(C)C. The zero-order valence-corrected chi connectivity index (χ0v) is 13.4. The van der Waals surface area contributed by atoms with Crippen LogP contribution in [0.15, 0.2) is 29.4 Å². The van der Waals surface area contributed by atoms with E-state index in [1.165, 1.54) is 11.9 Å². The summed E-state index contributed by atoms with van der Waals surface area (Å²) in [6, 6.07) is 6.93. The molecule has 21 heavy (non-hydrogen) atoms. The van der Waals surface area contributed by atoms with E-state index in [9.17, 15) is 8.42 Å². The Morgan fingerprint density at radius 3 is 2.57 bits per heavy atom. The molecule has 0 amide bonds. The van der Waals surface area contributed by atoms with E-state index >= 15 is 0 Å². The number of sulfonamides is 1. The van der Waals surface area contributed by atoms with Gasteiger partial charge in [0, 0.05) is 8.96 Å². The molecule has 0 spiro atoms. The third-order valence-corrected chi connectivity index (χ3v) is 3.94. The number of rotatable bonds is 9. The standard InChI is InChI=1S/C14H24N4O2S/c1-15-21(19,20)12-13-6-8-14(9-7-13)17-16-10-4-5-11-18(2)3/h6-10,15,17H,4-5,11-12H2,1-3H3/b16-10+/i11D2. The summed E-state index contributed by atoms with van der Waals surface area (Å²) >= 11 is 0. The maximum Gasteiger partial charge on any atom is 0.215 e. The van der Waals surface area contributed by atoms with Gasteiger partial charge in [-0.05, 0) is 58.2 Å². The quantitative estimate of drug-likeness (QED) is 0.535. The minimum Gasteiger partial charge on any atom is -0.309 e. The second kappa shape index (κ2) is 8.76. The first-order valence-corrected chi connectivity index (χ1v) is 8.26. The Labute approximate surface area is 130 Å². The van der Waals surface area contributed by atoms with Gasteiger partial charge in [-0.3, -0.25) is 5.43 Å². The van der Waals surface area contributed by atoms with Crippen molar-refractivity contribution in [1.29, 1.82) is 0 Å². The second-order valence-electron chi connectivity index (χ2n) is 4.67. The Morgan fingerprint density at radius 2 is 2.00 bits per heavy atom. The molecule has 0 radical (unpaired) electrons. The fourth-order valence-electron chi connectivity index (χ4n) is 1.50. The van der Waals surface area contributed by atoms with Crippen molar-refractivity contribution in [2.45, 2.75) is 18.6 Å². The summed E-state index contributed by atoms with van der Waals surface area (Å²) in [5.41, 5.74) is 4.26. The molecule has 1 rings (SSSR count). The summed E-state index contributed by atoms with van der Waals surface area (Å²) in [5, 5.41) is 4.03. The molecule has 6 nitrogen and oxygen atoms in total. The van der Waals surface area contributed by atoms with Crippen molar-refractivity contribution in [1.82, 2.24) is 9.62 Å². The van der Waals surface area contributed by atoms with Gasteiger partial charge >= 0.3 is 0 Å². The predicted molar refractivity (Wildman–Crippen MR) is 88.0 cm³/mol. The van der Waals surface area contributed by atoms with E-state index in [-0.39, 0.29) is 5.75 Å². The number of nitrogens with one attached hydrogen (secondary N) is 2. The van der Waals surface area contributed by atoms with Crippen LogP contribution in [0.1, 0.15) is 21.1 Å². The highest BCUT2D eigenvalue weighted by molar-refractivity contribution is 7.88. The molecule has 0 unspecified atom stereocenters. The lowest BCUT2D eigenvalue weighted by atomic mass is 10.2. The molecule has 7 heteroatoms. The summed E-state index contributed by atoms with van der Waals surface area (Å²) in [4.78, 5) is 1.53. The van der Waals surface area contributed by atoms with Gasteiger partial charge in [0.15, 0.2) is 0 Å². The molecule has 0 bridgehead atoms. The van der Waals surface area contributed by atoms with Gasteiger partial charge in [0.2, 0.25) is 10.0 Å². The van der Waals surface area contributed by atoms with Crippen molar-refractivity contribution in [2.75, 3.05) is 33.1 Å². The Balaban J connectivity index is 2.46. The Bertz CT molecular complexity index is 616. The van der Waals surface area contributed by atoms with Crippen molar-refractivity contribution >= 4 is 21.9 Å². The summed E-state index contributed by atoms with van der Waals surface area (Å²) in [6.45, 7) is -1.35. The molecule has 0 saturated heterocycles. The molecule has 0 aliphatic carbocycles. The van der Waals surface area contributed by atoms with Gasteiger partial charge < -0.3 is 4.90 Å². The fourth-order valence-corrected chi connectivity index (χ4v) is 2.28. The predicted octanol–water partition coefficient (Wildman–Crippen LogP) is 1.48. The molecule has 0 aliphatic heterocycles. The topological polar surface area (TPSA) is 73.8 Å². The molecule has 1 aromatic carbocycles. The first kappa shape index (κ1) is 14.5. The third-order valence-electron chi connectivity index (χ3n) is 2.61. The van der Waals surface area contributed by atoms with Crippen molar-refractivity contribution in [3.8, 4) is 0 Å². The van der Waals surface area contributed by atoms with Gasteiger partial charge in [0.1, 0.15) is 0 Å². The zero-order chi connectivity index (χ0) is 17.5. The lowest BCUT2D eigenvalue weighted by Crippen LogP contribution is -2.20. The van der Waals surface area contributed by atoms with E-state index in [1.54, 1.807) is 44.6 Å². The first-order chi connectivity index (χ1) is 10.7. The number of anilines is 1. The minimum atomic E-state index is -3.27. The minimum absolute atomic E-state index is 0.0628. The molecular weight excluding hydrogens is 288 g/mol. The van der Waals surface area contributed by atoms with Crippen molar-refractivity contribution in [3.63, 3.8) is 0 Å². The first-order valence-electron chi connectivity index (χ1n) is 7.61. The number of hydrogen-bond donors (Lipinski definition) is 2. The van der Waals surface area contributed by atoms with E-state index in [0.717, 1.165) is 5.69 Å². The molecule has 0 fully saturated rings. The Morgan fingerprint density at radius 1 is 1.33 bits per heavy atom. The molecule has 0 saturated carbocycles. The van der Waals surface area contributed by atoms with Crippen LogP contribution in [0.25, 0.3) is 0 Å². The van der Waals surface area contributed by atoms with E-state index in [0.29, 0.717) is 18.4 Å². The van der Waals surface area contributed by atoms with E-state index in [2.05, 4.69) is 15.2 Å². The summed E-state index contributed by atoms with van der Waals surface area (Å²) < 4.78 is 40.7. The van der Waals surface area contributed by atoms with Crippen molar-refractivity contribution in [2.24, 2.45) is 5.10 Å². The van der Waals surface area contributed by atoms with Gasteiger partial charge in [-0.1, -0.05) is 12.1 Å². The van der Waals surface area contributed by atoms with Crippen LogP contribution in [0, 0.1) is 0 Å². The summed E-state index contributed by atoms with van der Waals surface area (Å²) in [7, 11) is 1.52. The third kappa shape index (κ3) is 7.79. The highest BCUT2D eigenvalue weighted by atomic mass is 32.2. The lowest BCUT2D eigenvalue weighted by Gasteiger charge is -2.06. The summed E-state index contributed by atoms with van der Waals surface area (Å²) in [5.74, 6) is -0.0628. The lowest BCUT2D eigenvalue weighted by molar-refractivity contribution is 0.404. The molecule has 1 aromatic rings. The second-order valence-corrected chi connectivity index (χ2v) is 6.60. The Hall–Kier alpha value is -1.44. The van der Waals surface area contributed by atoms with E-state index in [1.807, 2.05) is 0 Å². The number of hydrazone groups is 1. The van der Waals surface area contributed by atoms with Gasteiger partial charge in [-0.2, -0.15) is 5.10 Å². The monoisotopic (exact) mass is 314 g/mol. The largest absolute Gasteiger partial charge is 0.309 e. The van der Waals surface area contributed by atoms with Crippen LogP contribution in [0.4, 0.5) is 5.69 Å². The fraction of sp³-hybridized carbons (Fsp3) is 0.500. The average molecular weight is 314 g/mol. The normalized spacial score (nSPS) is 14.3. The van der Waals surface area contributed by atoms with Gasteiger partial charge in [-0.15, -0.1) is 0 Å². The van der Waals surface area contributed by atoms with Crippen LogP contribution in [-0.4, -0.2) is 47.2 Å². The molecule has 0 atom stereocenters. The van der Waals surface area contributed by atoms with Crippen LogP contribution < -0.4 is 10.1 Å². The van der Waals surface area contributed by atoms with Gasteiger partial charge in [0.25, 0.3) is 0 Å². The van der Waals surface area contributed by atoms with Crippen molar-refractivity contribution in [3.05, 3.63) is 29.8 Å². The highest BCUT2D eigenvalue weighted by Gasteiger charge is 2.07. The maximum atomic E-state index is 11.4. The smallest absolute Gasteiger partial charge is 0.215 e.